The third-order valence-electron chi connectivity index (χ3n) is 2.86. The zero-order valence-corrected chi connectivity index (χ0v) is 10.1. The second kappa shape index (κ2) is 4.53. The third-order valence-corrected chi connectivity index (χ3v) is 2.86. The summed E-state index contributed by atoms with van der Waals surface area (Å²) in [4.78, 5) is 24.1. The number of carbonyl (C=O) groups excluding carboxylic acids is 1. The number of rotatable bonds is 2. The van der Waals surface area contributed by atoms with Gasteiger partial charge in [-0.1, -0.05) is 36.4 Å². The molecule has 19 heavy (non-hydrogen) atoms. The minimum atomic E-state index is -0.434. The van der Waals surface area contributed by atoms with E-state index in [2.05, 4.69) is 5.10 Å². The monoisotopic (exact) mass is 253 g/mol. The molecule has 0 fully saturated rings. The largest absolute Gasteiger partial charge is 0.357 e. The Morgan fingerprint density at radius 3 is 2.53 bits per heavy atom. The Labute approximate surface area is 108 Å². The van der Waals surface area contributed by atoms with Crippen LogP contribution >= 0.6 is 0 Å². The summed E-state index contributed by atoms with van der Waals surface area (Å²) in [6, 6.07) is 14.5. The van der Waals surface area contributed by atoms with Crippen LogP contribution < -0.4 is 5.69 Å². The number of carbonyl (C=O) groups is 1. The van der Waals surface area contributed by atoms with Gasteiger partial charge in [-0.15, -0.1) is 9.78 Å². The zero-order valence-electron chi connectivity index (χ0n) is 10.1. The van der Waals surface area contributed by atoms with Crippen molar-refractivity contribution in [2.24, 2.45) is 0 Å². The molecule has 1 aromatic carbocycles. The van der Waals surface area contributed by atoms with Crippen LogP contribution in [0.25, 0.3) is 5.65 Å². The van der Waals surface area contributed by atoms with Crippen molar-refractivity contribution in [1.82, 2.24) is 14.2 Å². The average Bonchev–Trinajstić information content (AvgIpc) is 2.78. The molecule has 5 heteroatoms. The van der Waals surface area contributed by atoms with E-state index in [1.807, 2.05) is 30.3 Å². The van der Waals surface area contributed by atoms with Crippen molar-refractivity contribution in [2.45, 2.75) is 6.42 Å². The van der Waals surface area contributed by atoms with Gasteiger partial charge in [0.1, 0.15) is 0 Å². The second-order valence-corrected chi connectivity index (χ2v) is 4.18. The summed E-state index contributed by atoms with van der Waals surface area (Å²) in [5.41, 5.74) is 0.891. The zero-order chi connectivity index (χ0) is 13.2. The molecule has 2 heterocycles. The van der Waals surface area contributed by atoms with Gasteiger partial charge in [-0.05, 0) is 17.7 Å². The molecule has 0 amide bonds. The molecule has 0 spiro atoms. The number of pyridine rings is 1. The number of hydrogen-bond acceptors (Lipinski definition) is 3. The van der Waals surface area contributed by atoms with Crippen LogP contribution in [-0.2, 0) is 6.42 Å². The molecule has 94 valence electrons. The summed E-state index contributed by atoms with van der Waals surface area (Å²) < 4.78 is 2.27. The quantitative estimate of drug-likeness (QED) is 0.693. The number of aromatic nitrogens is 3. The van der Waals surface area contributed by atoms with E-state index in [0.29, 0.717) is 5.65 Å². The Morgan fingerprint density at radius 1 is 1.05 bits per heavy atom. The third kappa shape index (κ3) is 2.06. The Hall–Kier alpha value is -2.69. The highest BCUT2D eigenvalue weighted by molar-refractivity contribution is 5.80. The first-order chi connectivity index (χ1) is 9.25. The molecule has 0 N–H and O–H groups in total. The standard InChI is InChI=1S/C14H11N3O2/c18-13(10-11-6-2-1-3-7-11)17-14(19)16-9-5-4-8-12(16)15-17/h1-9H,10H2. The lowest BCUT2D eigenvalue weighted by Gasteiger charge is -1.98. The van der Waals surface area contributed by atoms with Crippen LogP contribution in [0.5, 0.6) is 0 Å². The predicted octanol–water partition coefficient (Wildman–Crippen LogP) is 1.38. The van der Waals surface area contributed by atoms with E-state index in [4.69, 9.17) is 0 Å². The molecular formula is C14H11N3O2. The number of fused-ring (bicyclic) bond motifs is 1. The van der Waals surface area contributed by atoms with Gasteiger partial charge in [0.15, 0.2) is 5.65 Å². The van der Waals surface area contributed by atoms with Gasteiger partial charge in [0.25, 0.3) is 5.91 Å². The summed E-state index contributed by atoms with van der Waals surface area (Å²) in [6.07, 6.45) is 1.75. The van der Waals surface area contributed by atoms with E-state index in [-0.39, 0.29) is 12.3 Å². The highest BCUT2D eigenvalue weighted by Gasteiger charge is 2.13. The van der Waals surface area contributed by atoms with Crippen molar-refractivity contribution in [3.63, 3.8) is 0 Å². The fourth-order valence-electron chi connectivity index (χ4n) is 1.93. The smallest absolute Gasteiger partial charge is 0.272 e. The molecular weight excluding hydrogens is 242 g/mol. The molecule has 0 saturated carbocycles. The first-order valence-corrected chi connectivity index (χ1v) is 5.89. The minimum absolute atomic E-state index is 0.157. The Morgan fingerprint density at radius 2 is 1.79 bits per heavy atom. The second-order valence-electron chi connectivity index (χ2n) is 4.18. The van der Waals surface area contributed by atoms with E-state index >= 15 is 0 Å². The van der Waals surface area contributed by atoms with E-state index < -0.39 is 5.69 Å². The fraction of sp³-hybridized carbons (Fsp3) is 0.0714. The molecule has 0 aliphatic rings. The van der Waals surface area contributed by atoms with Crippen LogP contribution in [0, 0.1) is 0 Å². The summed E-state index contributed by atoms with van der Waals surface area (Å²) >= 11 is 0. The molecule has 0 atom stereocenters. The minimum Gasteiger partial charge on any atom is -0.272 e. The van der Waals surface area contributed by atoms with Crippen LogP contribution in [0.4, 0.5) is 0 Å². The van der Waals surface area contributed by atoms with Crippen LogP contribution in [-0.4, -0.2) is 20.1 Å². The molecule has 0 bridgehead atoms. The van der Waals surface area contributed by atoms with Crippen molar-refractivity contribution in [3.8, 4) is 0 Å². The van der Waals surface area contributed by atoms with E-state index in [9.17, 15) is 9.59 Å². The fourth-order valence-corrected chi connectivity index (χ4v) is 1.93. The van der Waals surface area contributed by atoms with Gasteiger partial charge in [-0.2, -0.15) is 0 Å². The maximum Gasteiger partial charge on any atom is 0.357 e. The number of nitrogens with zero attached hydrogens (tertiary/aromatic N) is 3. The van der Waals surface area contributed by atoms with Crippen molar-refractivity contribution in [3.05, 3.63) is 70.8 Å². The van der Waals surface area contributed by atoms with Gasteiger partial charge in [0.2, 0.25) is 0 Å². The summed E-state index contributed by atoms with van der Waals surface area (Å²) in [6.45, 7) is 0. The number of hydrogen-bond donors (Lipinski definition) is 0. The lowest BCUT2D eigenvalue weighted by atomic mass is 10.1. The first kappa shape index (κ1) is 11.4. The maximum absolute atomic E-state index is 12.1. The Bertz CT molecular complexity index is 787. The Kier molecular flexibility index (Phi) is 2.72. The van der Waals surface area contributed by atoms with Crippen molar-refractivity contribution >= 4 is 11.6 Å². The summed E-state index contributed by atoms with van der Waals surface area (Å²) in [5.74, 6) is -0.333. The van der Waals surface area contributed by atoms with Gasteiger partial charge in [-0.25, -0.2) is 9.20 Å². The van der Waals surface area contributed by atoms with Crippen molar-refractivity contribution in [1.29, 1.82) is 0 Å². The van der Waals surface area contributed by atoms with Gasteiger partial charge in [0, 0.05) is 6.20 Å². The lowest BCUT2D eigenvalue weighted by molar-refractivity contribution is 0.0894. The number of benzene rings is 1. The highest BCUT2D eigenvalue weighted by Crippen LogP contribution is 2.01. The highest BCUT2D eigenvalue weighted by atomic mass is 16.2. The molecule has 2 aromatic heterocycles. The molecule has 0 aliphatic carbocycles. The molecule has 3 aromatic rings. The Balaban J connectivity index is 1.98. The molecule has 3 rings (SSSR count). The van der Waals surface area contributed by atoms with Crippen LogP contribution in [0.15, 0.2) is 59.5 Å². The van der Waals surface area contributed by atoms with Crippen LogP contribution in [0.2, 0.25) is 0 Å². The molecule has 0 radical (unpaired) electrons. The molecule has 5 nitrogen and oxygen atoms in total. The molecule has 0 saturated heterocycles. The first-order valence-electron chi connectivity index (χ1n) is 5.89. The average molecular weight is 253 g/mol. The lowest BCUT2D eigenvalue weighted by Crippen LogP contribution is -2.28. The topological polar surface area (TPSA) is 56.4 Å². The van der Waals surface area contributed by atoms with Crippen molar-refractivity contribution in [2.75, 3.05) is 0 Å². The van der Waals surface area contributed by atoms with Gasteiger partial charge >= 0.3 is 5.69 Å². The van der Waals surface area contributed by atoms with Gasteiger partial charge in [0.05, 0.1) is 6.42 Å². The predicted molar refractivity (Wildman–Crippen MR) is 70.2 cm³/mol. The van der Waals surface area contributed by atoms with Crippen LogP contribution in [0.1, 0.15) is 10.4 Å². The van der Waals surface area contributed by atoms with E-state index in [1.165, 1.54) is 4.40 Å². The van der Waals surface area contributed by atoms with Gasteiger partial charge in [-0.3, -0.25) is 4.79 Å². The van der Waals surface area contributed by atoms with Crippen molar-refractivity contribution < 1.29 is 4.79 Å². The van der Waals surface area contributed by atoms with Crippen LogP contribution in [0.3, 0.4) is 0 Å². The van der Waals surface area contributed by atoms with Gasteiger partial charge < -0.3 is 0 Å². The van der Waals surface area contributed by atoms with E-state index in [0.717, 1.165) is 10.2 Å². The normalized spacial score (nSPS) is 10.7. The summed E-state index contributed by atoms with van der Waals surface area (Å²) in [7, 11) is 0. The maximum atomic E-state index is 12.1. The SMILES string of the molecule is O=C(Cc1ccccc1)n1nc2ccccn2c1=O. The summed E-state index contributed by atoms with van der Waals surface area (Å²) in [5, 5.41) is 4.03. The van der Waals surface area contributed by atoms with E-state index in [1.54, 1.807) is 24.4 Å². The molecule has 0 unspecified atom stereocenters. The molecule has 0 aliphatic heterocycles.